The zero-order valence-corrected chi connectivity index (χ0v) is 10.4. The summed E-state index contributed by atoms with van der Waals surface area (Å²) in [5.41, 5.74) is 0. The molecule has 0 radical (unpaired) electrons. The molecule has 0 aliphatic carbocycles. The number of hydrogen-bond acceptors (Lipinski definition) is 4. The van der Waals surface area contributed by atoms with Gasteiger partial charge in [0, 0.05) is 6.92 Å². The van der Waals surface area contributed by atoms with Crippen LogP contribution in [0.4, 0.5) is 0 Å². The Balaban J connectivity index is 2.52. The van der Waals surface area contributed by atoms with Gasteiger partial charge in [0.05, 0.1) is 32.5 Å². The Labute approximate surface area is 105 Å². The van der Waals surface area contributed by atoms with Crippen molar-refractivity contribution in [2.75, 3.05) is 26.2 Å². The van der Waals surface area contributed by atoms with Crippen LogP contribution < -0.4 is 0 Å². The number of hydrogen-bond donors (Lipinski definition) is 2. The summed E-state index contributed by atoms with van der Waals surface area (Å²) >= 11 is 0. The van der Waals surface area contributed by atoms with E-state index < -0.39 is 11.9 Å². The van der Waals surface area contributed by atoms with Crippen LogP contribution in [0.3, 0.4) is 0 Å². The third kappa shape index (κ3) is 4.08. The standard InChI is InChI=1S/C11H18N2O5/c1-9(18-7-3-11(16)17)13(5-2-10(14)15)6-4-12-8-13/h8-9H,2-7H2,1H3,(H-,14,15,16,17)/p+1. The second-order valence-electron chi connectivity index (χ2n) is 4.33. The summed E-state index contributed by atoms with van der Waals surface area (Å²) in [6, 6.07) is 0. The van der Waals surface area contributed by atoms with Crippen LogP contribution in [0, 0.1) is 0 Å². The van der Waals surface area contributed by atoms with E-state index in [1.54, 1.807) is 6.34 Å². The van der Waals surface area contributed by atoms with Crippen LogP contribution in [-0.2, 0) is 14.3 Å². The highest BCUT2D eigenvalue weighted by molar-refractivity contribution is 5.67. The Morgan fingerprint density at radius 2 is 2.06 bits per heavy atom. The van der Waals surface area contributed by atoms with Gasteiger partial charge in [-0.25, -0.2) is 4.99 Å². The molecule has 2 N–H and O–H groups in total. The topological polar surface area (TPSA) is 96.2 Å². The molecule has 0 spiro atoms. The van der Waals surface area contributed by atoms with Gasteiger partial charge in [-0.1, -0.05) is 0 Å². The number of carboxylic acid groups (broad SMARTS) is 2. The molecule has 1 aliphatic rings. The molecular formula is C11H19N2O5+. The maximum atomic E-state index is 10.7. The first-order valence-electron chi connectivity index (χ1n) is 5.89. The van der Waals surface area contributed by atoms with Gasteiger partial charge in [-0.05, 0) is 0 Å². The Bertz CT molecular complexity index is 344. The van der Waals surface area contributed by atoms with Gasteiger partial charge >= 0.3 is 11.9 Å². The maximum Gasteiger partial charge on any atom is 0.309 e. The van der Waals surface area contributed by atoms with Crippen LogP contribution in [0.1, 0.15) is 19.8 Å². The Hall–Kier alpha value is -1.47. The van der Waals surface area contributed by atoms with Crippen molar-refractivity contribution < 1.29 is 29.0 Å². The molecular weight excluding hydrogens is 240 g/mol. The fourth-order valence-corrected chi connectivity index (χ4v) is 1.92. The number of aliphatic carboxylic acids is 2. The quantitative estimate of drug-likeness (QED) is 0.605. The van der Waals surface area contributed by atoms with Gasteiger partial charge in [-0.15, -0.1) is 0 Å². The molecule has 7 heteroatoms. The minimum absolute atomic E-state index is 0.0403. The normalized spacial score (nSPS) is 24.1. The van der Waals surface area contributed by atoms with Gasteiger partial charge in [-0.3, -0.25) is 14.1 Å². The number of carboxylic acids is 2. The van der Waals surface area contributed by atoms with Gasteiger partial charge in [-0.2, -0.15) is 0 Å². The van der Waals surface area contributed by atoms with Gasteiger partial charge in [0.25, 0.3) is 0 Å². The SMILES string of the molecule is CC(OCCC(=O)O)[N+]1(CCC(=O)O)C=NCC1. The van der Waals surface area contributed by atoms with Crippen molar-refractivity contribution in [2.45, 2.75) is 26.0 Å². The van der Waals surface area contributed by atoms with E-state index in [1.807, 2.05) is 6.92 Å². The molecule has 7 nitrogen and oxygen atoms in total. The minimum Gasteiger partial charge on any atom is -0.481 e. The summed E-state index contributed by atoms with van der Waals surface area (Å²) in [5, 5.41) is 17.3. The predicted molar refractivity (Wildman–Crippen MR) is 63.3 cm³/mol. The molecule has 0 saturated heterocycles. The first-order chi connectivity index (χ1) is 8.46. The lowest BCUT2D eigenvalue weighted by Gasteiger charge is -2.35. The molecule has 0 aromatic rings. The molecule has 2 unspecified atom stereocenters. The monoisotopic (exact) mass is 259 g/mol. The second-order valence-corrected chi connectivity index (χ2v) is 4.33. The summed E-state index contributed by atoms with van der Waals surface area (Å²) in [6.07, 6.45) is 1.42. The zero-order valence-electron chi connectivity index (χ0n) is 10.4. The highest BCUT2D eigenvalue weighted by atomic mass is 16.5. The molecule has 1 rings (SSSR count). The Morgan fingerprint density at radius 1 is 1.39 bits per heavy atom. The Morgan fingerprint density at radius 3 is 2.56 bits per heavy atom. The first-order valence-corrected chi connectivity index (χ1v) is 5.89. The van der Waals surface area contributed by atoms with E-state index in [0.29, 0.717) is 24.1 Å². The van der Waals surface area contributed by atoms with Crippen LogP contribution in [-0.4, -0.2) is 65.4 Å². The summed E-state index contributed by atoms with van der Waals surface area (Å²) in [7, 11) is 0. The number of aliphatic imine (C=N–C) groups is 1. The summed E-state index contributed by atoms with van der Waals surface area (Å²) in [4.78, 5) is 25.2. The molecule has 0 bridgehead atoms. The van der Waals surface area contributed by atoms with E-state index in [0.717, 1.165) is 0 Å². The molecule has 1 aliphatic heterocycles. The highest BCUT2D eigenvalue weighted by Crippen LogP contribution is 2.17. The molecule has 0 amide bonds. The lowest BCUT2D eigenvalue weighted by atomic mass is 10.3. The number of quaternary nitrogens is 1. The molecule has 0 saturated carbocycles. The van der Waals surface area contributed by atoms with E-state index in [-0.39, 0.29) is 25.7 Å². The van der Waals surface area contributed by atoms with Gasteiger partial charge < -0.3 is 14.9 Å². The van der Waals surface area contributed by atoms with Crippen molar-refractivity contribution in [3.8, 4) is 0 Å². The molecule has 18 heavy (non-hydrogen) atoms. The van der Waals surface area contributed by atoms with Crippen molar-refractivity contribution in [2.24, 2.45) is 4.99 Å². The van der Waals surface area contributed by atoms with Crippen molar-refractivity contribution in [1.82, 2.24) is 0 Å². The van der Waals surface area contributed by atoms with E-state index in [9.17, 15) is 9.59 Å². The summed E-state index contributed by atoms with van der Waals surface area (Å²) in [6.45, 7) is 3.69. The van der Waals surface area contributed by atoms with Gasteiger partial charge in [0.15, 0.2) is 12.6 Å². The van der Waals surface area contributed by atoms with E-state index in [2.05, 4.69) is 4.99 Å². The zero-order chi connectivity index (χ0) is 13.6. The van der Waals surface area contributed by atoms with Crippen molar-refractivity contribution in [3.05, 3.63) is 0 Å². The molecule has 102 valence electrons. The third-order valence-electron chi connectivity index (χ3n) is 3.10. The summed E-state index contributed by atoms with van der Waals surface area (Å²) < 4.78 is 5.83. The molecule has 0 fully saturated rings. The fraction of sp³-hybridized carbons (Fsp3) is 0.727. The minimum atomic E-state index is -0.908. The average Bonchev–Trinajstić information content (AvgIpc) is 2.75. The number of rotatable bonds is 8. The van der Waals surface area contributed by atoms with Crippen LogP contribution in [0.25, 0.3) is 0 Å². The molecule has 0 aromatic heterocycles. The van der Waals surface area contributed by atoms with Crippen molar-refractivity contribution >= 4 is 18.3 Å². The molecule has 0 aromatic carbocycles. The second kappa shape index (κ2) is 6.46. The van der Waals surface area contributed by atoms with Crippen LogP contribution in [0.15, 0.2) is 4.99 Å². The molecule has 1 heterocycles. The smallest absolute Gasteiger partial charge is 0.309 e. The average molecular weight is 259 g/mol. The lowest BCUT2D eigenvalue weighted by molar-refractivity contribution is -0.877. The van der Waals surface area contributed by atoms with E-state index >= 15 is 0 Å². The Kier molecular flexibility index (Phi) is 5.24. The van der Waals surface area contributed by atoms with Gasteiger partial charge in [0.2, 0.25) is 0 Å². The molecule has 2 atom stereocenters. The number of nitrogens with zero attached hydrogens (tertiary/aromatic N) is 2. The van der Waals surface area contributed by atoms with Crippen molar-refractivity contribution in [3.63, 3.8) is 0 Å². The third-order valence-corrected chi connectivity index (χ3v) is 3.10. The van der Waals surface area contributed by atoms with Crippen LogP contribution >= 0.6 is 0 Å². The number of ether oxygens (including phenoxy) is 1. The van der Waals surface area contributed by atoms with Crippen molar-refractivity contribution in [1.29, 1.82) is 0 Å². The van der Waals surface area contributed by atoms with Gasteiger partial charge in [0.1, 0.15) is 6.54 Å². The maximum absolute atomic E-state index is 10.7. The lowest BCUT2D eigenvalue weighted by Crippen LogP contribution is -2.54. The van der Waals surface area contributed by atoms with Crippen LogP contribution in [0.5, 0.6) is 0 Å². The highest BCUT2D eigenvalue weighted by Gasteiger charge is 2.36. The van der Waals surface area contributed by atoms with E-state index in [4.69, 9.17) is 14.9 Å². The first kappa shape index (κ1) is 14.6. The number of carbonyl (C=O) groups is 2. The summed E-state index contributed by atoms with van der Waals surface area (Å²) in [5.74, 6) is -1.76. The largest absolute Gasteiger partial charge is 0.481 e. The van der Waals surface area contributed by atoms with E-state index in [1.165, 1.54) is 0 Å². The van der Waals surface area contributed by atoms with Crippen LogP contribution in [0.2, 0.25) is 0 Å². The fourth-order valence-electron chi connectivity index (χ4n) is 1.92. The predicted octanol–water partition coefficient (Wildman–Crippen LogP) is 0.157.